The largest absolute Gasteiger partial charge is 0.501 e. The molecule has 1 aromatic rings. The lowest BCUT2D eigenvalue weighted by Gasteiger charge is -2.39. The standard InChI is InChI=1S/C24H41N3O7Si/c1-22(2,3)34-21(31)27(7)24(20-25-16(19(30)32-8)17(28)18(29)26-20)12-11-15(13-24)14-33-35(9,10)23(4,5)6/h15,28H,11-14H2,1-10H3,(H,25,26,29)/t15-,24-/m0/s1. The number of aromatic amines is 1. The minimum atomic E-state index is -2.00. The smallest absolute Gasteiger partial charge is 0.410 e. The van der Waals surface area contributed by atoms with Crippen molar-refractivity contribution in [3.05, 3.63) is 21.9 Å². The fourth-order valence-corrected chi connectivity index (χ4v) is 5.00. The van der Waals surface area contributed by atoms with Gasteiger partial charge in [0.2, 0.25) is 5.75 Å². The first-order chi connectivity index (χ1) is 15.8. The summed E-state index contributed by atoms with van der Waals surface area (Å²) in [5, 5.41) is 10.2. The normalized spacial score (nSPS) is 21.0. The average Bonchev–Trinajstić information content (AvgIpc) is 3.16. The van der Waals surface area contributed by atoms with Crippen LogP contribution in [0.4, 0.5) is 4.79 Å². The number of nitrogens with one attached hydrogen (secondary N) is 1. The predicted octanol–water partition coefficient (Wildman–Crippen LogP) is 4.15. The Kier molecular flexibility index (Phi) is 8.17. The van der Waals surface area contributed by atoms with Gasteiger partial charge in [-0.05, 0) is 64.1 Å². The highest BCUT2D eigenvalue weighted by atomic mass is 28.4. The van der Waals surface area contributed by atoms with Crippen molar-refractivity contribution in [1.82, 2.24) is 14.9 Å². The van der Waals surface area contributed by atoms with Gasteiger partial charge >= 0.3 is 12.1 Å². The summed E-state index contributed by atoms with van der Waals surface area (Å²) in [6.07, 6.45) is 1.02. The maximum Gasteiger partial charge on any atom is 0.410 e. The number of ether oxygens (including phenoxy) is 2. The van der Waals surface area contributed by atoms with Gasteiger partial charge in [-0.2, -0.15) is 0 Å². The van der Waals surface area contributed by atoms with Crippen molar-refractivity contribution in [1.29, 1.82) is 0 Å². The molecule has 2 rings (SSSR count). The van der Waals surface area contributed by atoms with E-state index < -0.39 is 48.5 Å². The molecule has 1 fully saturated rings. The zero-order chi connectivity index (χ0) is 27.0. The molecule has 0 aromatic carbocycles. The first-order valence-electron chi connectivity index (χ1n) is 11.9. The molecule has 0 bridgehead atoms. The second-order valence-electron chi connectivity index (χ2n) is 11.9. The van der Waals surface area contributed by atoms with Crippen LogP contribution >= 0.6 is 0 Å². The van der Waals surface area contributed by atoms with E-state index in [0.717, 1.165) is 7.11 Å². The zero-order valence-corrected chi connectivity index (χ0v) is 23.7. The molecule has 0 spiro atoms. The van der Waals surface area contributed by atoms with E-state index in [1.807, 2.05) is 0 Å². The van der Waals surface area contributed by atoms with Gasteiger partial charge in [0.15, 0.2) is 14.0 Å². The van der Waals surface area contributed by atoms with E-state index in [1.165, 1.54) is 4.90 Å². The number of aromatic nitrogens is 2. The van der Waals surface area contributed by atoms with Gasteiger partial charge in [0.25, 0.3) is 5.56 Å². The third-order valence-corrected chi connectivity index (χ3v) is 11.6. The quantitative estimate of drug-likeness (QED) is 0.430. The first-order valence-corrected chi connectivity index (χ1v) is 14.8. The molecule has 0 unspecified atom stereocenters. The van der Waals surface area contributed by atoms with E-state index in [0.29, 0.717) is 25.9 Å². The number of aromatic hydroxyl groups is 1. The molecule has 11 heteroatoms. The number of amides is 1. The lowest BCUT2D eigenvalue weighted by Crippen LogP contribution is -2.49. The van der Waals surface area contributed by atoms with E-state index in [1.54, 1.807) is 27.8 Å². The van der Waals surface area contributed by atoms with Crippen LogP contribution in [0, 0.1) is 5.92 Å². The fourth-order valence-electron chi connectivity index (χ4n) is 3.92. The topological polar surface area (TPSA) is 131 Å². The molecule has 1 heterocycles. The number of hydrogen-bond acceptors (Lipinski definition) is 8. The van der Waals surface area contributed by atoms with Gasteiger partial charge in [-0.1, -0.05) is 20.8 Å². The van der Waals surface area contributed by atoms with Gasteiger partial charge in [0.1, 0.15) is 17.0 Å². The molecule has 0 radical (unpaired) electrons. The lowest BCUT2D eigenvalue weighted by atomic mass is 9.92. The molecule has 198 valence electrons. The summed E-state index contributed by atoms with van der Waals surface area (Å²) in [6, 6.07) is 0. The minimum Gasteiger partial charge on any atom is -0.501 e. The molecular formula is C24H41N3O7Si. The lowest BCUT2D eigenvalue weighted by molar-refractivity contribution is 0.00137. The average molecular weight is 512 g/mol. The fraction of sp³-hybridized carbons (Fsp3) is 0.750. The molecule has 0 saturated heterocycles. The van der Waals surface area contributed by atoms with Crippen LogP contribution in [0.5, 0.6) is 5.75 Å². The predicted molar refractivity (Wildman–Crippen MR) is 134 cm³/mol. The summed E-state index contributed by atoms with van der Waals surface area (Å²) in [6.45, 7) is 16.7. The number of methoxy groups -OCH3 is 1. The van der Waals surface area contributed by atoms with Gasteiger partial charge < -0.3 is 24.0 Å². The Morgan fingerprint density at radius 3 is 2.34 bits per heavy atom. The van der Waals surface area contributed by atoms with Gasteiger partial charge in [-0.3, -0.25) is 9.69 Å². The summed E-state index contributed by atoms with van der Waals surface area (Å²) < 4.78 is 16.7. The van der Waals surface area contributed by atoms with E-state index in [4.69, 9.17) is 13.9 Å². The molecule has 1 aliphatic carbocycles. The van der Waals surface area contributed by atoms with Crippen molar-refractivity contribution < 1.29 is 28.6 Å². The third kappa shape index (κ3) is 6.24. The number of hydrogen-bond donors (Lipinski definition) is 2. The maximum atomic E-state index is 13.1. The highest BCUT2D eigenvalue weighted by molar-refractivity contribution is 6.74. The van der Waals surface area contributed by atoms with Crippen molar-refractivity contribution >= 4 is 20.4 Å². The van der Waals surface area contributed by atoms with Gasteiger partial charge in [0.05, 0.1) is 7.11 Å². The Balaban J connectivity index is 2.51. The molecule has 2 atom stereocenters. The third-order valence-electron chi connectivity index (χ3n) is 7.10. The van der Waals surface area contributed by atoms with Crippen LogP contribution in [-0.2, 0) is 19.4 Å². The number of nitrogens with zero attached hydrogens (tertiary/aromatic N) is 2. The molecule has 1 amide bonds. The van der Waals surface area contributed by atoms with Crippen LogP contribution in [-0.4, -0.2) is 66.7 Å². The summed E-state index contributed by atoms with van der Waals surface area (Å²) in [4.78, 5) is 46.2. The highest BCUT2D eigenvalue weighted by Gasteiger charge is 2.50. The highest BCUT2D eigenvalue weighted by Crippen LogP contribution is 2.46. The maximum absolute atomic E-state index is 13.1. The molecular weight excluding hydrogens is 470 g/mol. The van der Waals surface area contributed by atoms with Crippen molar-refractivity contribution in [2.24, 2.45) is 5.92 Å². The molecule has 0 aliphatic heterocycles. The molecule has 1 saturated carbocycles. The zero-order valence-electron chi connectivity index (χ0n) is 22.7. The molecule has 1 aromatic heterocycles. The van der Waals surface area contributed by atoms with Crippen LogP contribution in [0.15, 0.2) is 4.79 Å². The summed E-state index contributed by atoms with van der Waals surface area (Å²) >= 11 is 0. The monoisotopic (exact) mass is 511 g/mol. The van der Waals surface area contributed by atoms with Crippen LogP contribution in [0.3, 0.4) is 0 Å². The van der Waals surface area contributed by atoms with Gasteiger partial charge in [0, 0.05) is 13.7 Å². The van der Waals surface area contributed by atoms with Crippen LogP contribution < -0.4 is 5.56 Å². The van der Waals surface area contributed by atoms with Gasteiger partial charge in [-0.25, -0.2) is 14.6 Å². The van der Waals surface area contributed by atoms with Crippen LogP contribution in [0.1, 0.15) is 77.1 Å². The Labute approximate surface area is 208 Å². The number of esters is 1. The van der Waals surface area contributed by atoms with Crippen molar-refractivity contribution in [3.63, 3.8) is 0 Å². The Morgan fingerprint density at radius 2 is 1.83 bits per heavy atom. The molecule has 10 nitrogen and oxygen atoms in total. The second-order valence-corrected chi connectivity index (χ2v) is 16.7. The minimum absolute atomic E-state index is 0.0508. The van der Waals surface area contributed by atoms with E-state index in [-0.39, 0.29) is 16.8 Å². The van der Waals surface area contributed by atoms with Crippen LogP contribution in [0.2, 0.25) is 18.1 Å². The SMILES string of the molecule is COC(=O)c1nc([C@]2(N(C)C(=O)OC(C)(C)C)CC[C@H](CO[Si](C)(C)C(C)(C)C)C2)[nH]c(=O)c1O. The Morgan fingerprint density at radius 1 is 1.23 bits per heavy atom. The number of rotatable bonds is 6. The van der Waals surface area contributed by atoms with Crippen molar-refractivity contribution in [2.75, 3.05) is 20.8 Å². The summed E-state index contributed by atoms with van der Waals surface area (Å²) in [5.41, 5.74) is -3.18. The van der Waals surface area contributed by atoms with Crippen molar-refractivity contribution in [2.45, 2.75) is 90.1 Å². The van der Waals surface area contributed by atoms with Crippen LogP contribution in [0.25, 0.3) is 0 Å². The molecule has 2 N–H and O–H groups in total. The van der Waals surface area contributed by atoms with E-state index >= 15 is 0 Å². The second kappa shape index (κ2) is 9.92. The van der Waals surface area contributed by atoms with Crippen molar-refractivity contribution in [3.8, 4) is 5.75 Å². The Hall–Kier alpha value is -2.40. The number of carbonyl (C=O) groups excluding carboxylic acids is 2. The van der Waals surface area contributed by atoms with E-state index in [2.05, 4.69) is 43.8 Å². The Bertz CT molecular complexity index is 1010. The first kappa shape index (κ1) is 28.8. The summed E-state index contributed by atoms with van der Waals surface area (Å²) in [5.74, 6) is -1.59. The molecule has 35 heavy (non-hydrogen) atoms. The number of H-pyrrole nitrogens is 1. The summed E-state index contributed by atoms with van der Waals surface area (Å²) in [7, 11) is 0.732. The van der Waals surface area contributed by atoms with E-state index in [9.17, 15) is 19.5 Å². The van der Waals surface area contributed by atoms with Gasteiger partial charge in [-0.15, -0.1) is 0 Å². The molecule has 1 aliphatic rings. The number of carbonyl (C=O) groups is 2.